The molecular weight excluding hydrogens is 478 g/mol. The number of benzene rings is 3. The Morgan fingerprint density at radius 2 is 1.89 bits per heavy atom. The molecule has 0 radical (unpaired) electrons. The molecule has 3 aromatic rings. The standard InChI is InChI=1S/C30H31N5O3/c1-19(33-26-12-11-22(15-21(26)16-31)34-29(36)20-13-14-38-18-20)17-32-28-23-7-3-4-8-24(23)30(37)35(2)27-10-6-5-9-25(27)28/h3-12,15,19-20,28,32-33H,13-14,17-18H2,1-2H3,(H,34,36)/t19-,20?,28?/m1/s1. The number of carbonyl (C=O) groups excluding carboxylic acids is 2. The number of nitrogens with one attached hydrogen (secondary N) is 3. The fourth-order valence-electron chi connectivity index (χ4n) is 5.10. The maximum atomic E-state index is 13.2. The molecule has 2 amide bonds. The van der Waals surface area contributed by atoms with Crippen LogP contribution < -0.4 is 20.9 Å². The number of amides is 2. The molecule has 5 rings (SSSR count). The number of nitrogens with zero attached hydrogens (tertiary/aromatic N) is 2. The molecule has 0 saturated carbocycles. The van der Waals surface area contributed by atoms with Crippen molar-refractivity contribution in [3.8, 4) is 6.07 Å². The van der Waals surface area contributed by atoms with E-state index in [0.29, 0.717) is 48.7 Å². The van der Waals surface area contributed by atoms with Gasteiger partial charge in [0.1, 0.15) is 6.07 Å². The molecule has 194 valence electrons. The Morgan fingerprint density at radius 3 is 2.66 bits per heavy atom. The molecule has 3 atom stereocenters. The van der Waals surface area contributed by atoms with Crippen molar-refractivity contribution in [1.29, 1.82) is 5.26 Å². The highest BCUT2D eigenvalue weighted by molar-refractivity contribution is 6.08. The van der Waals surface area contributed by atoms with E-state index in [2.05, 4.69) is 28.1 Å². The Bertz CT molecular complexity index is 1390. The van der Waals surface area contributed by atoms with E-state index >= 15 is 0 Å². The first-order valence-electron chi connectivity index (χ1n) is 12.8. The van der Waals surface area contributed by atoms with E-state index in [9.17, 15) is 14.9 Å². The molecule has 0 aromatic heterocycles. The van der Waals surface area contributed by atoms with E-state index in [-0.39, 0.29) is 29.8 Å². The summed E-state index contributed by atoms with van der Waals surface area (Å²) >= 11 is 0. The first-order chi connectivity index (χ1) is 18.5. The fourth-order valence-corrected chi connectivity index (χ4v) is 5.10. The number of hydrogen-bond acceptors (Lipinski definition) is 6. The summed E-state index contributed by atoms with van der Waals surface area (Å²) < 4.78 is 5.30. The number of rotatable bonds is 7. The number of hydrogen-bond donors (Lipinski definition) is 3. The SMILES string of the molecule is C[C@H](CNC1c2ccccc2C(=O)N(C)c2ccccc21)Nc1ccc(NC(=O)C2CCOC2)cc1C#N. The van der Waals surface area contributed by atoms with Crippen molar-refractivity contribution in [3.05, 3.63) is 89.0 Å². The van der Waals surface area contributed by atoms with Crippen LogP contribution >= 0.6 is 0 Å². The predicted octanol–water partition coefficient (Wildman–Crippen LogP) is 4.30. The second-order valence-electron chi connectivity index (χ2n) is 9.82. The van der Waals surface area contributed by atoms with Gasteiger partial charge in [0.05, 0.1) is 29.8 Å². The van der Waals surface area contributed by atoms with E-state index in [1.54, 1.807) is 17.0 Å². The van der Waals surface area contributed by atoms with Gasteiger partial charge >= 0.3 is 0 Å². The minimum absolute atomic E-state index is 0.0326. The average molecular weight is 510 g/mol. The van der Waals surface area contributed by atoms with E-state index in [1.165, 1.54) is 0 Å². The third kappa shape index (κ3) is 5.12. The molecule has 3 aromatic carbocycles. The van der Waals surface area contributed by atoms with E-state index < -0.39 is 0 Å². The van der Waals surface area contributed by atoms with Crippen LogP contribution in [0.2, 0.25) is 0 Å². The van der Waals surface area contributed by atoms with Gasteiger partial charge in [-0.05, 0) is 54.8 Å². The van der Waals surface area contributed by atoms with Crippen LogP contribution in [0.25, 0.3) is 0 Å². The summed E-state index contributed by atoms with van der Waals surface area (Å²) in [6.45, 7) is 3.65. The summed E-state index contributed by atoms with van der Waals surface area (Å²) in [7, 11) is 1.81. The summed E-state index contributed by atoms with van der Waals surface area (Å²) in [5.74, 6) is -0.272. The Labute approximate surface area is 222 Å². The van der Waals surface area contributed by atoms with Crippen LogP contribution in [-0.2, 0) is 9.53 Å². The van der Waals surface area contributed by atoms with Gasteiger partial charge in [-0.3, -0.25) is 9.59 Å². The summed E-state index contributed by atoms with van der Waals surface area (Å²) in [4.78, 5) is 27.3. The summed E-state index contributed by atoms with van der Waals surface area (Å²) in [5.41, 5.74) is 5.27. The molecule has 8 heteroatoms. The first kappa shape index (κ1) is 25.5. The normalized spacial score (nSPS) is 19.1. The van der Waals surface area contributed by atoms with Gasteiger partial charge in [-0.25, -0.2) is 0 Å². The van der Waals surface area contributed by atoms with Gasteiger partial charge in [-0.1, -0.05) is 36.4 Å². The van der Waals surface area contributed by atoms with Crippen LogP contribution in [0.15, 0.2) is 66.7 Å². The summed E-state index contributed by atoms with van der Waals surface area (Å²) in [6, 6.07) is 23.0. The highest BCUT2D eigenvalue weighted by atomic mass is 16.5. The first-order valence-corrected chi connectivity index (χ1v) is 12.8. The molecule has 3 N–H and O–H groups in total. The van der Waals surface area contributed by atoms with Gasteiger partial charge in [0.15, 0.2) is 0 Å². The lowest BCUT2D eigenvalue weighted by molar-refractivity contribution is -0.119. The zero-order chi connectivity index (χ0) is 26.6. The van der Waals surface area contributed by atoms with Crippen LogP contribution in [0.1, 0.15) is 46.4 Å². The number of anilines is 3. The summed E-state index contributed by atoms with van der Waals surface area (Å²) in [5, 5.41) is 19.7. The molecule has 0 aliphatic carbocycles. The molecule has 2 aliphatic heterocycles. The Balaban J connectivity index is 1.31. The highest BCUT2D eigenvalue weighted by Crippen LogP contribution is 2.36. The van der Waals surface area contributed by atoms with E-state index in [0.717, 1.165) is 16.8 Å². The van der Waals surface area contributed by atoms with Crippen molar-refractivity contribution in [2.75, 3.05) is 42.3 Å². The number of ether oxygens (including phenoxy) is 1. The maximum absolute atomic E-state index is 13.2. The van der Waals surface area contributed by atoms with E-state index in [1.807, 2.05) is 62.5 Å². The molecule has 2 unspecified atom stereocenters. The highest BCUT2D eigenvalue weighted by Gasteiger charge is 2.30. The average Bonchev–Trinajstić information content (AvgIpc) is 3.47. The second kappa shape index (κ2) is 11.1. The molecule has 1 saturated heterocycles. The zero-order valence-corrected chi connectivity index (χ0v) is 21.5. The third-order valence-corrected chi connectivity index (χ3v) is 7.15. The van der Waals surface area contributed by atoms with Gasteiger partial charge in [0.2, 0.25) is 5.91 Å². The van der Waals surface area contributed by atoms with Crippen LogP contribution in [-0.4, -0.2) is 44.7 Å². The molecule has 0 spiro atoms. The predicted molar refractivity (Wildman–Crippen MR) is 147 cm³/mol. The zero-order valence-electron chi connectivity index (χ0n) is 21.5. The molecule has 38 heavy (non-hydrogen) atoms. The van der Waals surface area contributed by atoms with Gasteiger partial charge in [-0.15, -0.1) is 0 Å². The topological polar surface area (TPSA) is 106 Å². The molecular formula is C30H31N5O3. The van der Waals surface area contributed by atoms with Crippen LogP contribution in [0, 0.1) is 17.2 Å². The molecule has 2 aliphatic rings. The molecule has 1 fully saturated rings. The monoisotopic (exact) mass is 509 g/mol. The van der Waals surface area contributed by atoms with Crippen LogP contribution in [0.3, 0.4) is 0 Å². The fraction of sp³-hybridized carbons (Fsp3) is 0.300. The van der Waals surface area contributed by atoms with Gasteiger partial charge in [-0.2, -0.15) is 5.26 Å². The van der Waals surface area contributed by atoms with Gasteiger partial charge in [0, 0.05) is 43.2 Å². The maximum Gasteiger partial charge on any atom is 0.258 e. The lowest BCUT2D eigenvalue weighted by Crippen LogP contribution is -2.34. The Morgan fingerprint density at radius 1 is 1.13 bits per heavy atom. The second-order valence-corrected chi connectivity index (χ2v) is 9.82. The molecule has 0 bridgehead atoms. The van der Waals surface area contributed by atoms with Crippen molar-refractivity contribution >= 4 is 28.9 Å². The number of carbonyl (C=O) groups is 2. The number of nitriles is 1. The third-order valence-electron chi connectivity index (χ3n) is 7.15. The minimum atomic E-state index is -0.173. The summed E-state index contributed by atoms with van der Waals surface area (Å²) in [6.07, 6.45) is 0.710. The molecule has 8 nitrogen and oxygen atoms in total. The largest absolute Gasteiger partial charge is 0.381 e. The van der Waals surface area contributed by atoms with Crippen molar-refractivity contribution in [1.82, 2.24) is 5.32 Å². The van der Waals surface area contributed by atoms with Crippen molar-refractivity contribution < 1.29 is 14.3 Å². The minimum Gasteiger partial charge on any atom is -0.381 e. The van der Waals surface area contributed by atoms with Crippen molar-refractivity contribution in [2.45, 2.75) is 25.4 Å². The van der Waals surface area contributed by atoms with Gasteiger partial charge < -0.3 is 25.6 Å². The Kier molecular flexibility index (Phi) is 7.40. The van der Waals surface area contributed by atoms with Crippen LogP contribution in [0.4, 0.5) is 17.1 Å². The smallest absolute Gasteiger partial charge is 0.258 e. The lowest BCUT2D eigenvalue weighted by Gasteiger charge is -2.25. The van der Waals surface area contributed by atoms with Crippen LogP contribution in [0.5, 0.6) is 0 Å². The quantitative estimate of drug-likeness (QED) is 0.438. The van der Waals surface area contributed by atoms with Gasteiger partial charge in [0.25, 0.3) is 5.91 Å². The van der Waals surface area contributed by atoms with Crippen molar-refractivity contribution in [3.63, 3.8) is 0 Å². The number of para-hydroxylation sites is 1. The molecule has 2 heterocycles. The number of fused-ring (bicyclic) bond motifs is 2. The van der Waals surface area contributed by atoms with Crippen molar-refractivity contribution in [2.24, 2.45) is 5.92 Å². The Hall–Kier alpha value is -4.19. The lowest BCUT2D eigenvalue weighted by atomic mass is 9.94. The van der Waals surface area contributed by atoms with E-state index in [4.69, 9.17) is 4.74 Å².